The summed E-state index contributed by atoms with van der Waals surface area (Å²) >= 11 is 10.6. The van der Waals surface area contributed by atoms with Gasteiger partial charge in [-0.1, -0.05) is 11.6 Å². The minimum Gasteiger partial charge on any atom is -0.390 e. The van der Waals surface area contributed by atoms with Crippen molar-refractivity contribution < 1.29 is 5.11 Å². The van der Waals surface area contributed by atoms with Crippen molar-refractivity contribution in [3.63, 3.8) is 0 Å². The van der Waals surface area contributed by atoms with E-state index in [4.69, 9.17) is 11.6 Å². The lowest BCUT2D eigenvalue weighted by Crippen LogP contribution is -2.37. The fraction of sp³-hybridized carbons (Fsp3) is 0.333. The number of nitrogens with zero attached hydrogens (tertiary/aromatic N) is 5. The number of hydrogen-bond donors (Lipinski definition) is 1. The predicted molar refractivity (Wildman–Crippen MR) is 121 cm³/mol. The molecule has 0 bridgehead atoms. The molecule has 0 saturated heterocycles. The number of halogens is 1. The van der Waals surface area contributed by atoms with Crippen LogP contribution in [0.5, 0.6) is 0 Å². The lowest BCUT2D eigenvalue weighted by molar-refractivity contribution is 0.278. The largest absolute Gasteiger partial charge is 0.390 e. The van der Waals surface area contributed by atoms with Crippen molar-refractivity contribution in [2.45, 2.75) is 18.4 Å². The molecule has 5 rings (SSSR count). The van der Waals surface area contributed by atoms with Crippen molar-refractivity contribution in [2.75, 3.05) is 5.75 Å². The van der Waals surface area contributed by atoms with Crippen LogP contribution in [-0.4, -0.2) is 34.5 Å². The molecular weight excluding hydrogens is 466 g/mol. The smallest absolute Gasteiger partial charge is 0.331 e. The number of thioether (sulfide) groups is 1. The number of aryl methyl sites for hydroxylation is 1. The first kappa shape index (κ1) is 20.0. The quantitative estimate of drug-likeness (QED) is 0.483. The van der Waals surface area contributed by atoms with Crippen molar-refractivity contribution in [1.82, 2.24) is 23.7 Å². The summed E-state index contributed by atoms with van der Waals surface area (Å²) in [4.78, 5) is 35.0. The molecule has 4 aromatic heterocycles. The Hall–Kier alpha value is -1.92. The molecule has 0 unspecified atom stereocenters. The van der Waals surface area contributed by atoms with Gasteiger partial charge < -0.3 is 9.67 Å². The summed E-state index contributed by atoms with van der Waals surface area (Å²) in [6, 6.07) is 0. The van der Waals surface area contributed by atoms with Crippen LogP contribution in [0.1, 0.15) is 21.6 Å². The van der Waals surface area contributed by atoms with Gasteiger partial charge in [0.1, 0.15) is 15.2 Å². The highest BCUT2D eigenvalue weighted by atomic mass is 35.5. The Morgan fingerprint density at radius 2 is 2.00 bits per heavy atom. The molecule has 1 aliphatic heterocycles. The summed E-state index contributed by atoms with van der Waals surface area (Å²) in [5.74, 6) is 0.815. The van der Waals surface area contributed by atoms with Gasteiger partial charge in [0.2, 0.25) is 0 Å². The molecule has 0 amide bonds. The van der Waals surface area contributed by atoms with Gasteiger partial charge in [0.15, 0.2) is 0 Å². The van der Waals surface area contributed by atoms with Gasteiger partial charge in [-0.3, -0.25) is 13.9 Å². The number of aliphatic hydroxyl groups is 1. The third kappa shape index (κ3) is 2.83. The van der Waals surface area contributed by atoms with Gasteiger partial charge in [-0.2, -0.15) is 0 Å². The molecule has 0 radical (unpaired) electrons. The molecule has 0 spiro atoms. The zero-order valence-electron chi connectivity index (χ0n) is 16.0. The summed E-state index contributed by atoms with van der Waals surface area (Å²) in [6.45, 7) is 0.500. The van der Waals surface area contributed by atoms with E-state index in [0.29, 0.717) is 39.0 Å². The molecule has 0 aliphatic carbocycles. The van der Waals surface area contributed by atoms with Gasteiger partial charge in [0, 0.05) is 37.2 Å². The molecular formula is C18H16ClN5O3S3. The maximum absolute atomic E-state index is 13.3. The molecule has 8 nitrogen and oxygen atoms in total. The second kappa shape index (κ2) is 7.34. The number of aromatic nitrogens is 5. The fourth-order valence-corrected chi connectivity index (χ4v) is 7.15. The van der Waals surface area contributed by atoms with Crippen LogP contribution in [0.25, 0.3) is 21.6 Å². The topological polar surface area (TPSA) is 94.9 Å². The van der Waals surface area contributed by atoms with E-state index >= 15 is 0 Å². The molecule has 156 valence electrons. The Morgan fingerprint density at radius 3 is 2.67 bits per heavy atom. The first-order valence-corrected chi connectivity index (χ1v) is 12.2. The Kier molecular flexibility index (Phi) is 4.90. The lowest BCUT2D eigenvalue weighted by atomic mass is 10.2. The van der Waals surface area contributed by atoms with Crippen LogP contribution >= 0.6 is 46.0 Å². The summed E-state index contributed by atoms with van der Waals surface area (Å²) in [6.07, 6.45) is 0. The maximum atomic E-state index is 13.3. The molecule has 1 atom stereocenters. The van der Waals surface area contributed by atoms with Gasteiger partial charge in [-0.15, -0.1) is 34.4 Å². The minimum atomic E-state index is -0.380. The third-order valence-corrected chi connectivity index (χ3v) is 8.66. The van der Waals surface area contributed by atoms with Gasteiger partial charge >= 0.3 is 5.69 Å². The fourth-order valence-electron chi connectivity index (χ4n) is 3.87. The number of fused-ring (bicyclic) bond motifs is 3. The lowest BCUT2D eigenvalue weighted by Gasteiger charge is -2.24. The second-order valence-electron chi connectivity index (χ2n) is 6.88. The minimum absolute atomic E-state index is 0.150. The highest BCUT2D eigenvalue weighted by Gasteiger charge is 2.34. The summed E-state index contributed by atoms with van der Waals surface area (Å²) in [5, 5.41) is 15.3. The van der Waals surface area contributed by atoms with Crippen molar-refractivity contribution in [2.24, 2.45) is 14.1 Å². The van der Waals surface area contributed by atoms with Crippen LogP contribution in [0.15, 0.2) is 20.3 Å². The average molecular weight is 482 g/mol. The van der Waals surface area contributed by atoms with Gasteiger partial charge in [-0.05, 0) is 0 Å². The highest BCUT2D eigenvalue weighted by molar-refractivity contribution is 7.99. The summed E-state index contributed by atoms with van der Waals surface area (Å²) < 4.78 is 4.74. The zero-order valence-corrected chi connectivity index (χ0v) is 19.2. The Morgan fingerprint density at radius 1 is 1.20 bits per heavy atom. The van der Waals surface area contributed by atoms with Crippen molar-refractivity contribution in [3.05, 3.63) is 53.1 Å². The van der Waals surface area contributed by atoms with Crippen LogP contribution in [0.2, 0.25) is 5.15 Å². The number of rotatable bonds is 3. The van der Waals surface area contributed by atoms with E-state index in [1.807, 2.05) is 0 Å². The first-order chi connectivity index (χ1) is 14.4. The van der Waals surface area contributed by atoms with Gasteiger partial charge in [0.25, 0.3) is 5.56 Å². The molecule has 12 heteroatoms. The van der Waals surface area contributed by atoms with Crippen molar-refractivity contribution in [1.29, 1.82) is 0 Å². The van der Waals surface area contributed by atoms with E-state index in [-0.39, 0.29) is 23.1 Å². The van der Waals surface area contributed by atoms with Crippen LogP contribution in [-0.2, 0) is 27.2 Å². The van der Waals surface area contributed by atoms with Gasteiger partial charge in [-0.25, -0.2) is 14.8 Å². The molecule has 1 N–H and O–H groups in total. The van der Waals surface area contributed by atoms with Crippen molar-refractivity contribution >= 4 is 56.9 Å². The molecule has 1 aliphatic rings. The number of thiazole rings is 2. The predicted octanol–water partition coefficient (Wildman–Crippen LogP) is 2.60. The summed E-state index contributed by atoms with van der Waals surface area (Å²) in [5.41, 5.74) is 1.96. The number of aliphatic hydroxyl groups excluding tert-OH is 1. The molecule has 30 heavy (non-hydrogen) atoms. The van der Waals surface area contributed by atoms with E-state index in [0.717, 1.165) is 21.0 Å². The highest BCUT2D eigenvalue weighted by Crippen LogP contribution is 2.47. The molecule has 5 heterocycles. The summed E-state index contributed by atoms with van der Waals surface area (Å²) in [7, 11) is 3.17. The Labute approximate surface area is 187 Å². The van der Waals surface area contributed by atoms with E-state index in [2.05, 4.69) is 14.5 Å². The standard InChI is InChI=1S/C18H16ClN5O3S3/c1-22-11-10(17(26)23(2)18(22)27)12(15-20-8(5-25)6-29-15)24-3-4-28-14(13(11)24)16-21-9(19)7-30-16/h6-7,14,25H,3-5H2,1-2H3/t14-/m0/s1. The van der Waals surface area contributed by atoms with E-state index in [1.54, 1.807) is 29.6 Å². The number of hydrogen-bond acceptors (Lipinski definition) is 8. The van der Waals surface area contributed by atoms with Crippen LogP contribution < -0.4 is 11.2 Å². The van der Waals surface area contributed by atoms with Crippen molar-refractivity contribution in [3.8, 4) is 10.7 Å². The van der Waals surface area contributed by atoms with Crippen LogP contribution in [0, 0.1) is 0 Å². The molecule has 0 aromatic carbocycles. The van der Waals surface area contributed by atoms with E-state index in [1.165, 1.54) is 34.3 Å². The third-order valence-electron chi connectivity index (χ3n) is 5.19. The first-order valence-electron chi connectivity index (χ1n) is 9.02. The van der Waals surface area contributed by atoms with E-state index < -0.39 is 0 Å². The monoisotopic (exact) mass is 481 g/mol. The second-order valence-corrected chi connectivity index (χ2v) is 10.2. The Bertz CT molecular complexity index is 1410. The zero-order chi connectivity index (χ0) is 21.2. The maximum Gasteiger partial charge on any atom is 0.331 e. The molecule has 0 fully saturated rings. The Balaban J connectivity index is 1.94. The van der Waals surface area contributed by atoms with Crippen LogP contribution in [0.4, 0.5) is 0 Å². The van der Waals surface area contributed by atoms with Gasteiger partial charge in [0.05, 0.1) is 39.8 Å². The average Bonchev–Trinajstić information content (AvgIpc) is 3.46. The molecule has 0 saturated carbocycles. The molecule has 4 aromatic rings. The normalized spacial score (nSPS) is 16.3. The van der Waals surface area contributed by atoms with E-state index in [9.17, 15) is 14.7 Å². The SMILES string of the molecule is Cn1c(=O)c2c(-c3nc(CO)cs3)n3c(c2n(C)c1=O)[C@@H](c1nc(Cl)cs1)SCC3. The van der Waals surface area contributed by atoms with Crippen LogP contribution in [0.3, 0.4) is 0 Å².